The van der Waals surface area contributed by atoms with Crippen molar-refractivity contribution in [1.82, 2.24) is 0 Å². The van der Waals surface area contributed by atoms with Crippen molar-refractivity contribution in [1.29, 1.82) is 0 Å². The van der Waals surface area contributed by atoms with Crippen LogP contribution in [0.5, 0.6) is 17.2 Å². The summed E-state index contributed by atoms with van der Waals surface area (Å²) in [5.74, 6) is 2.42. The summed E-state index contributed by atoms with van der Waals surface area (Å²) < 4.78 is 33.3. The fourth-order valence-corrected chi connectivity index (χ4v) is 2.76. The molecule has 2 aromatic carbocycles. The third kappa shape index (κ3) is 4.71. The van der Waals surface area contributed by atoms with Gasteiger partial charge in [-0.3, -0.25) is 0 Å². The highest BCUT2D eigenvalue weighted by atomic mass is 16.6. The van der Waals surface area contributed by atoms with E-state index in [4.69, 9.17) is 28.4 Å². The highest BCUT2D eigenvalue weighted by Gasteiger charge is 2.25. The smallest absolute Gasteiger partial charge is 0.127 e. The van der Waals surface area contributed by atoms with E-state index < -0.39 is 0 Å². The molecular formula is C21H22O6. The molecular weight excluding hydrogens is 348 g/mol. The van der Waals surface area contributed by atoms with Gasteiger partial charge in [0, 0.05) is 5.56 Å². The van der Waals surface area contributed by atoms with Crippen molar-refractivity contribution in [3.05, 3.63) is 42.5 Å². The number of rotatable bonds is 10. The molecule has 0 spiro atoms. The van der Waals surface area contributed by atoms with E-state index in [0.717, 1.165) is 48.2 Å². The molecule has 3 atom stereocenters. The Hall–Kier alpha value is -2.28. The molecule has 0 amide bonds. The first-order valence-corrected chi connectivity index (χ1v) is 9.31. The SMILES string of the molecule is c1cc(OCC2CO2)cc(-c2cc(OCC3CO3)ccc2OCC2CO2)c1. The molecule has 3 aliphatic rings. The van der Waals surface area contributed by atoms with Crippen LogP contribution in [0.1, 0.15) is 0 Å². The Kier molecular flexibility index (Phi) is 4.61. The van der Waals surface area contributed by atoms with Crippen molar-refractivity contribution in [3.63, 3.8) is 0 Å². The number of ether oxygens (including phenoxy) is 6. The average molecular weight is 370 g/mol. The van der Waals surface area contributed by atoms with Crippen LogP contribution in [0, 0.1) is 0 Å². The lowest BCUT2D eigenvalue weighted by molar-refractivity contribution is 0.258. The number of hydrogen-bond donors (Lipinski definition) is 0. The molecule has 6 heteroatoms. The molecule has 2 aromatic rings. The van der Waals surface area contributed by atoms with Gasteiger partial charge in [0.25, 0.3) is 0 Å². The summed E-state index contributed by atoms with van der Waals surface area (Å²) in [5.41, 5.74) is 1.99. The number of epoxide rings is 3. The third-order valence-corrected chi connectivity index (χ3v) is 4.60. The van der Waals surface area contributed by atoms with Gasteiger partial charge in [-0.25, -0.2) is 0 Å². The molecule has 0 aromatic heterocycles. The molecule has 0 aliphatic carbocycles. The second-order valence-electron chi connectivity index (χ2n) is 6.98. The van der Waals surface area contributed by atoms with Crippen LogP contribution in [0.25, 0.3) is 11.1 Å². The molecule has 0 bridgehead atoms. The Labute approximate surface area is 157 Å². The summed E-state index contributed by atoms with van der Waals surface area (Å²) in [5, 5.41) is 0. The van der Waals surface area contributed by atoms with E-state index in [1.807, 2.05) is 42.5 Å². The number of hydrogen-bond acceptors (Lipinski definition) is 6. The summed E-state index contributed by atoms with van der Waals surface area (Å²) in [6.07, 6.45) is 0.652. The van der Waals surface area contributed by atoms with Crippen LogP contribution in [0.15, 0.2) is 42.5 Å². The highest BCUT2D eigenvalue weighted by Crippen LogP contribution is 2.36. The van der Waals surface area contributed by atoms with Crippen molar-refractivity contribution in [2.24, 2.45) is 0 Å². The van der Waals surface area contributed by atoms with E-state index in [9.17, 15) is 0 Å². The average Bonchev–Trinajstić information content (AvgIpc) is 3.57. The Balaban J connectivity index is 1.37. The van der Waals surface area contributed by atoms with Gasteiger partial charge >= 0.3 is 0 Å². The van der Waals surface area contributed by atoms with E-state index in [-0.39, 0.29) is 18.3 Å². The zero-order valence-electron chi connectivity index (χ0n) is 15.0. The lowest BCUT2D eigenvalue weighted by Crippen LogP contribution is -2.07. The molecule has 3 fully saturated rings. The fraction of sp³-hybridized carbons (Fsp3) is 0.429. The quantitative estimate of drug-likeness (QED) is 0.599. The van der Waals surface area contributed by atoms with Gasteiger partial charge in [-0.1, -0.05) is 12.1 Å². The molecule has 6 nitrogen and oxygen atoms in total. The van der Waals surface area contributed by atoms with Crippen molar-refractivity contribution in [2.45, 2.75) is 18.3 Å². The van der Waals surface area contributed by atoms with Gasteiger partial charge in [0.15, 0.2) is 0 Å². The first-order chi connectivity index (χ1) is 13.3. The molecule has 3 aliphatic heterocycles. The first kappa shape index (κ1) is 16.9. The van der Waals surface area contributed by atoms with E-state index in [2.05, 4.69) is 0 Å². The molecule has 3 heterocycles. The molecule has 27 heavy (non-hydrogen) atoms. The van der Waals surface area contributed by atoms with Crippen LogP contribution in [-0.2, 0) is 14.2 Å². The minimum atomic E-state index is 0.203. The molecule has 3 saturated heterocycles. The van der Waals surface area contributed by atoms with Crippen LogP contribution in [-0.4, -0.2) is 58.0 Å². The van der Waals surface area contributed by atoms with Crippen LogP contribution in [0.2, 0.25) is 0 Å². The van der Waals surface area contributed by atoms with Gasteiger partial charge in [-0.2, -0.15) is 0 Å². The topological polar surface area (TPSA) is 65.3 Å². The van der Waals surface area contributed by atoms with Gasteiger partial charge < -0.3 is 28.4 Å². The molecule has 0 N–H and O–H groups in total. The predicted molar refractivity (Wildman–Crippen MR) is 97.6 cm³/mol. The summed E-state index contributed by atoms with van der Waals surface area (Å²) in [4.78, 5) is 0. The zero-order chi connectivity index (χ0) is 18.1. The molecule has 0 radical (unpaired) electrons. The maximum Gasteiger partial charge on any atom is 0.127 e. The molecule has 142 valence electrons. The second-order valence-corrected chi connectivity index (χ2v) is 6.98. The molecule has 0 saturated carbocycles. The van der Waals surface area contributed by atoms with E-state index in [1.54, 1.807) is 0 Å². The van der Waals surface area contributed by atoms with Gasteiger partial charge in [0.05, 0.1) is 19.8 Å². The lowest BCUT2D eigenvalue weighted by Gasteiger charge is -2.14. The van der Waals surface area contributed by atoms with Gasteiger partial charge in [-0.05, 0) is 35.9 Å². The lowest BCUT2D eigenvalue weighted by atomic mass is 10.0. The predicted octanol–water partition coefficient (Wildman–Crippen LogP) is 2.69. The highest BCUT2D eigenvalue weighted by molar-refractivity contribution is 5.73. The van der Waals surface area contributed by atoms with Crippen LogP contribution in [0.3, 0.4) is 0 Å². The Morgan fingerprint density at radius 1 is 0.704 bits per heavy atom. The Morgan fingerprint density at radius 2 is 1.30 bits per heavy atom. The Morgan fingerprint density at radius 3 is 1.93 bits per heavy atom. The summed E-state index contributed by atoms with van der Waals surface area (Å²) >= 11 is 0. The van der Waals surface area contributed by atoms with Gasteiger partial charge in [0.2, 0.25) is 0 Å². The van der Waals surface area contributed by atoms with Crippen molar-refractivity contribution < 1.29 is 28.4 Å². The summed E-state index contributed by atoms with van der Waals surface area (Å²) in [6.45, 7) is 4.03. The fourth-order valence-electron chi connectivity index (χ4n) is 2.76. The summed E-state index contributed by atoms with van der Waals surface area (Å²) in [7, 11) is 0. The largest absolute Gasteiger partial charge is 0.491 e. The summed E-state index contributed by atoms with van der Waals surface area (Å²) in [6, 6.07) is 13.9. The zero-order valence-corrected chi connectivity index (χ0v) is 15.0. The van der Waals surface area contributed by atoms with E-state index >= 15 is 0 Å². The molecule has 5 rings (SSSR count). The standard InChI is InChI=1S/C21H22O6/c1-2-14(6-15(3-1)22-8-17-10-24-17)20-7-16(23-9-18-11-25-18)4-5-21(20)27-13-19-12-26-19/h1-7,17-19H,8-13H2. The minimum absolute atomic E-state index is 0.203. The monoisotopic (exact) mass is 370 g/mol. The van der Waals surface area contributed by atoms with Crippen LogP contribution >= 0.6 is 0 Å². The maximum atomic E-state index is 5.99. The van der Waals surface area contributed by atoms with Crippen molar-refractivity contribution >= 4 is 0 Å². The van der Waals surface area contributed by atoms with Crippen molar-refractivity contribution in [2.75, 3.05) is 39.6 Å². The van der Waals surface area contributed by atoms with Crippen LogP contribution in [0.4, 0.5) is 0 Å². The van der Waals surface area contributed by atoms with Crippen molar-refractivity contribution in [3.8, 4) is 28.4 Å². The van der Waals surface area contributed by atoms with Gasteiger partial charge in [0.1, 0.15) is 55.4 Å². The van der Waals surface area contributed by atoms with E-state index in [1.165, 1.54) is 0 Å². The minimum Gasteiger partial charge on any atom is -0.491 e. The van der Waals surface area contributed by atoms with E-state index in [0.29, 0.717) is 19.8 Å². The number of benzene rings is 2. The molecule has 3 unspecified atom stereocenters. The normalized spacial score (nSPS) is 25.0. The Bertz CT molecular complexity index is 795. The van der Waals surface area contributed by atoms with Gasteiger partial charge in [-0.15, -0.1) is 0 Å². The second kappa shape index (κ2) is 7.38. The third-order valence-electron chi connectivity index (χ3n) is 4.60. The first-order valence-electron chi connectivity index (χ1n) is 9.31. The van der Waals surface area contributed by atoms with Crippen LogP contribution < -0.4 is 14.2 Å². The maximum absolute atomic E-state index is 5.99.